The summed E-state index contributed by atoms with van der Waals surface area (Å²) in [4.78, 5) is 4.42. The Morgan fingerprint density at radius 2 is 2.04 bits per heavy atom. The lowest BCUT2D eigenvalue weighted by Crippen LogP contribution is -2.04. The molecule has 6 nitrogen and oxygen atoms in total. The van der Waals surface area contributed by atoms with Crippen LogP contribution in [0.1, 0.15) is 49.8 Å². The van der Waals surface area contributed by atoms with Crippen molar-refractivity contribution in [2.24, 2.45) is 0 Å². The lowest BCUT2D eigenvalue weighted by molar-refractivity contribution is 0.334. The van der Waals surface area contributed by atoms with Gasteiger partial charge in [-0.3, -0.25) is 0 Å². The van der Waals surface area contributed by atoms with E-state index < -0.39 is 0 Å². The lowest BCUT2D eigenvalue weighted by atomic mass is 9.89. The van der Waals surface area contributed by atoms with Crippen molar-refractivity contribution in [3.05, 3.63) is 40.5 Å². The van der Waals surface area contributed by atoms with Crippen LogP contribution in [-0.2, 0) is 5.75 Å². The first kappa shape index (κ1) is 16.8. The Hall–Kier alpha value is -1.67. The number of rotatable bonds is 5. The van der Waals surface area contributed by atoms with Gasteiger partial charge in [0.05, 0.1) is 5.75 Å². The minimum atomic E-state index is 0.419. The van der Waals surface area contributed by atoms with Crippen LogP contribution >= 0.6 is 27.7 Å². The Balaban J connectivity index is 1.38. The van der Waals surface area contributed by atoms with Crippen LogP contribution in [0, 0.1) is 0 Å². The van der Waals surface area contributed by atoms with Gasteiger partial charge in [0, 0.05) is 16.0 Å². The summed E-state index contributed by atoms with van der Waals surface area (Å²) in [5.74, 6) is 2.81. The quantitative estimate of drug-likeness (QED) is 0.523. The van der Waals surface area contributed by atoms with Gasteiger partial charge in [-0.25, -0.2) is 0 Å². The lowest BCUT2D eigenvalue weighted by Gasteiger charge is -2.17. The van der Waals surface area contributed by atoms with Gasteiger partial charge in [-0.2, -0.15) is 4.98 Å². The molecule has 4 rings (SSSR count). The molecule has 1 aliphatic rings. The van der Waals surface area contributed by atoms with Crippen LogP contribution in [0.3, 0.4) is 0 Å². The summed E-state index contributed by atoms with van der Waals surface area (Å²) < 4.78 is 12.1. The van der Waals surface area contributed by atoms with Gasteiger partial charge in [0.25, 0.3) is 5.22 Å². The summed E-state index contributed by atoms with van der Waals surface area (Å²) in [5, 5.41) is 12.9. The zero-order chi connectivity index (χ0) is 17.1. The molecule has 1 aliphatic carbocycles. The highest BCUT2D eigenvalue weighted by Gasteiger charge is 2.21. The first-order valence-electron chi connectivity index (χ1n) is 8.32. The van der Waals surface area contributed by atoms with E-state index in [2.05, 4.69) is 36.3 Å². The average molecular weight is 421 g/mol. The summed E-state index contributed by atoms with van der Waals surface area (Å²) in [6.07, 6.45) is 6.09. The third-order valence-corrected chi connectivity index (χ3v) is 5.54. The molecule has 2 heterocycles. The third-order valence-electron chi connectivity index (χ3n) is 4.25. The minimum Gasteiger partial charge on any atom is -0.416 e. The van der Waals surface area contributed by atoms with Gasteiger partial charge in [0.2, 0.25) is 17.6 Å². The summed E-state index contributed by atoms with van der Waals surface area (Å²) in [5.41, 5.74) is 0.909. The Bertz CT molecular complexity index is 845. The Morgan fingerprint density at radius 3 is 2.88 bits per heavy atom. The number of aromatic nitrogens is 4. The molecule has 0 amide bonds. The third kappa shape index (κ3) is 4.12. The van der Waals surface area contributed by atoms with Gasteiger partial charge in [0.15, 0.2) is 0 Å². The van der Waals surface area contributed by atoms with Gasteiger partial charge < -0.3 is 8.94 Å². The molecule has 8 heteroatoms. The number of halogens is 1. The summed E-state index contributed by atoms with van der Waals surface area (Å²) in [6.45, 7) is 0. The predicted octanol–water partition coefficient (Wildman–Crippen LogP) is 5.22. The number of nitrogens with zero attached hydrogens (tertiary/aromatic N) is 4. The zero-order valence-corrected chi connectivity index (χ0v) is 15.9. The molecule has 2 aromatic heterocycles. The van der Waals surface area contributed by atoms with E-state index >= 15 is 0 Å². The smallest absolute Gasteiger partial charge is 0.277 e. The molecule has 25 heavy (non-hydrogen) atoms. The highest BCUT2D eigenvalue weighted by atomic mass is 79.9. The Labute approximate surface area is 157 Å². The molecule has 0 saturated heterocycles. The molecule has 1 fully saturated rings. The molecule has 0 radical (unpaired) electrons. The van der Waals surface area contributed by atoms with E-state index in [1.165, 1.54) is 31.0 Å². The van der Waals surface area contributed by atoms with Gasteiger partial charge in [-0.15, -0.1) is 10.2 Å². The zero-order valence-electron chi connectivity index (χ0n) is 13.5. The maximum Gasteiger partial charge on any atom is 0.277 e. The number of hydrogen-bond acceptors (Lipinski definition) is 7. The number of benzene rings is 1. The number of hydrogen-bond donors (Lipinski definition) is 0. The van der Waals surface area contributed by atoms with Crippen molar-refractivity contribution in [1.29, 1.82) is 0 Å². The van der Waals surface area contributed by atoms with E-state index in [1.54, 1.807) is 0 Å². The number of thioether (sulfide) groups is 1. The fourth-order valence-corrected chi connectivity index (χ4v) is 3.98. The maximum absolute atomic E-state index is 5.80. The van der Waals surface area contributed by atoms with Crippen LogP contribution < -0.4 is 0 Å². The van der Waals surface area contributed by atoms with Crippen LogP contribution in [0.2, 0.25) is 0 Å². The van der Waals surface area contributed by atoms with Crippen LogP contribution in [-0.4, -0.2) is 20.3 Å². The van der Waals surface area contributed by atoms with E-state index in [0.717, 1.165) is 28.8 Å². The van der Waals surface area contributed by atoms with Crippen molar-refractivity contribution in [3.8, 4) is 11.4 Å². The van der Waals surface area contributed by atoms with Crippen molar-refractivity contribution in [2.75, 3.05) is 0 Å². The molecule has 0 N–H and O–H groups in total. The molecular weight excluding hydrogens is 404 g/mol. The van der Waals surface area contributed by atoms with E-state index in [1.807, 2.05) is 24.3 Å². The van der Waals surface area contributed by atoms with Crippen molar-refractivity contribution in [1.82, 2.24) is 20.3 Å². The molecule has 0 aliphatic heterocycles. The minimum absolute atomic E-state index is 0.419. The fourth-order valence-electron chi connectivity index (χ4n) is 2.98. The van der Waals surface area contributed by atoms with Crippen molar-refractivity contribution < 1.29 is 8.94 Å². The van der Waals surface area contributed by atoms with Crippen LogP contribution in [0.5, 0.6) is 0 Å². The fraction of sp³-hybridized carbons (Fsp3) is 0.412. The van der Waals surface area contributed by atoms with Crippen molar-refractivity contribution in [3.63, 3.8) is 0 Å². The SMILES string of the molecule is Brc1cccc(-c2noc(CSc3nnc(C4CCCCC4)o3)n2)c1. The Morgan fingerprint density at radius 1 is 1.16 bits per heavy atom. The van der Waals surface area contributed by atoms with Gasteiger partial charge in [-0.1, -0.05) is 64.2 Å². The second-order valence-corrected chi connectivity index (χ2v) is 7.89. The molecule has 0 unspecified atom stereocenters. The molecule has 1 saturated carbocycles. The van der Waals surface area contributed by atoms with Crippen molar-refractivity contribution in [2.45, 2.75) is 49.0 Å². The van der Waals surface area contributed by atoms with Gasteiger partial charge in [-0.05, 0) is 25.0 Å². The first-order valence-corrected chi connectivity index (χ1v) is 10.1. The van der Waals surface area contributed by atoms with Crippen LogP contribution in [0.25, 0.3) is 11.4 Å². The molecule has 0 bridgehead atoms. The molecule has 0 atom stereocenters. The molecule has 3 aromatic rings. The average Bonchev–Trinajstić information content (AvgIpc) is 3.30. The Kier molecular flexibility index (Phi) is 5.17. The normalized spacial score (nSPS) is 15.6. The monoisotopic (exact) mass is 420 g/mol. The predicted molar refractivity (Wildman–Crippen MR) is 97.1 cm³/mol. The van der Waals surface area contributed by atoms with Crippen molar-refractivity contribution >= 4 is 27.7 Å². The highest BCUT2D eigenvalue weighted by molar-refractivity contribution is 9.10. The van der Waals surface area contributed by atoms with Crippen LogP contribution in [0.4, 0.5) is 0 Å². The summed E-state index contributed by atoms with van der Waals surface area (Å²) in [7, 11) is 0. The van der Waals surface area contributed by atoms with E-state index in [4.69, 9.17) is 8.94 Å². The molecule has 1 aromatic carbocycles. The molecule has 130 valence electrons. The standard InChI is InChI=1S/C17H17BrN4O2S/c18-13-8-4-7-12(9-13)15-19-14(24-22-15)10-25-17-21-20-16(23-17)11-5-2-1-3-6-11/h4,7-9,11H,1-3,5-6,10H2. The largest absolute Gasteiger partial charge is 0.416 e. The topological polar surface area (TPSA) is 77.8 Å². The van der Waals surface area contributed by atoms with E-state index in [0.29, 0.717) is 28.6 Å². The van der Waals surface area contributed by atoms with E-state index in [9.17, 15) is 0 Å². The molecule has 0 spiro atoms. The highest BCUT2D eigenvalue weighted by Crippen LogP contribution is 2.33. The van der Waals surface area contributed by atoms with Gasteiger partial charge in [0.1, 0.15) is 0 Å². The maximum atomic E-state index is 5.80. The summed E-state index contributed by atoms with van der Waals surface area (Å²) in [6, 6.07) is 7.80. The second kappa shape index (κ2) is 7.70. The van der Waals surface area contributed by atoms with E-state index in [-0.39, 0.29) is 0 Å². The first-order chi connectivity index (χ1) is 12.3. The summed E-state index contributed by atoms with van der Waals surface area (Å²) >= 11 is 4.87. The molecular formula is C17H17BrN4O2S. The second-order valence-electron chi connectivity index (χ2n) is 6.05. The van der Waals surface area contributed by atoms with Gasteiger partial charge >= 0.3 is 0 Å². The van der Waals surface area contributed by atoms with Crippen LogP contribution in [0.15, 0.2) is 42.9 Å².